The minimum Gasteiger partial charge on any atom is -0.314 e. The van der Waals surface area contributed by atoms with Crippen LogP contribution in [0.2, 0.25) is 0 Å². The van der Waals surface area contributed by atoms with Gasteiger partial charge in [-0.1, -0.05) is 0 Å². The fourth-order valence-corrected chi connectivity index (χ4v) is 2.20. The Kier molecular flexibility index (Phi) is 3.38. The average Bonchev–Trinajstić information content (AvgIpc) is 2.68. The lowest BCUT2D eigenvalue weighted by molar-refractivity contribution is -0.138. The van der Waals surface area contributed by atoms with Crippen LogP contribution < -0.4 is 5.32 Å². The fourth-order valence-electron chi connectivity index (χ4n) is 2.20. The first-order chi connectivity index (χ1) is 7.97. The normalized spacial score (nSPS) is 20.8. The van der Waals surface area contributed by atoms with Crippen LogP contribution in [0.4, 0.5) is 17.6 Å². The van der Waals surface area contributed by atoms with Crippen LogP contribution >= 0.6 is 0 Å². The molecule has 1 atom stereocenters. The summed E-state index contributed by atoms with van der Waals surface area (Å²) in [5.74, 6) is -0.619. The van der Waals surface area contributed by atoms with E-state index in [1.165, 1.54) is 0 Å². The van der Waals surface area contributed by atoms with Gasteiger partial charge in [0, 0.05) is 6.04 Å². The second-order valence-corrected chi connectivity index (χ2v) is 4.30. The molecule has 5 heteroatoms. The highest BCUT2D eigenvalue weighted by Gasteiger charge is 2.34. The van der Waals surface area contributed by atoms with Gasteiger partial charge in [0.1, 0.15) is 5.82 Å². The fraction of sp³-hybridized carbons (Fsp3) is 0.500. The zero-order chi connectivity index (χ0) is 12.5. The monoisotopic (exact) mass is 247 g/mol. The molecule has 1 aromatic carbocycles. The average molecular weight is 247 g/mol. The Labute approximate surface area is 96.8 Å². The van der Waals surface area contributed by atoms with Crippen LogP contribution in [0.25, 0.3) is 0 Å². The van der Waals surface area contributed by atoms with Gasteiger partial charge in [-0.25, -0.2) is 4.39 Å². The Morgan fingerprint density at radius 2 is 2.06 bits per heavy atom. The molecule has 94 valence electrons. The standard InChI is InChI=1S/C12H13F4N/c13-9-3-4-11(12(14,15)16)8(6-9)7-10-2-1-5-17-10/h3-4,6,10,17H,1-2,5,7H2. The highest BCUT2D eigenvalue weighted by Crippen LogP contribution is 2.33. The molecule has 17 heavy (non-hydrogen) atoms. The molecule has 1 unspecified atom stereocenters. The Hall–Kier alpha value is -1.10. The van der Waals surface area contributed by atoms with Crippen molar-refractivity contribution in [3.63, 3.8) is 0 Å². The van der Waals surface area contributed by atoms with E-state index in [2.05, 4.69) is 5.32 Å². The molecular weight excluding hydrogens is 234 g/mol. The predicted molar refractivity (Wildman–Crippen MR) is 56.1 cm³/mol. The zero-order valence-electron chi connectivity index (χ0n) is 9.15. The topological polar surface area (TPSA) is 12.0 Å². The molecule has 0 amide bonds. The van der Waals surface area contributed by atoms with Crippen LogP contribution in [0.1, 0.15) is 24.0 Å². The smallest absolute Gasteiger partial charge is 0.314 e. The van der Waals surface area contributed by atoms with E-state index in [0.717, 1.165) is 37.6 Å². The SMILES string of the molecule is Fc1ccc(C(F)(F)F)c(CC2CCCN2)c1. The van der Waals surface area contributed by atoms with Crippen molar-refractivity contribution in [3.8, 4) is 0 Å². The molecule has 0 aliphatic carbocycles. The second kappa shape index (κ2) is 4.64. The Bertz CT molecular complexity index is 394. The highest BCUT2D eigenvalue weighted by atomic mass is 19.4. The van der Waals surface area contributed by atoms with Crippen molar-refractivity contribution in [2.45, 2.75) is 31.5 Å². The molecular formula is C12H13F4N. The van der Waals surface area contributed by atoms with Crippen LogP contribution in [-0.4, -0.2) is 12.6 Å². The van der Waals surface area contributed by atoms with Gasteiger partial charge in [0.25, 0.3) is 0 Å². The molecule has 1 fully saturated rings. The summed E-state index contributed by atoms with van der Waals surface area (Å²) in [5.41, 5.74) is -0.690. The lowest BCUT2D eigenvalue weighted by Gasteiger charge is -2.16. The minimum absolute atomic E-state index is 0.0258. The van der Waals surface area contributed by atoms with Gasteiger partial charge < -0.3 is 5.32 Å². The Morgan fingerprint density at radius 3 is 2.65 bits per heavy atom. The van der Waals surface area contributed by atoms with E-state index in [4.69, 9.17) is 0 Å². The van der Waals surface area contributed by atoms with E-state index < -0.39 is 17.6 Å². The number of benzene rings is 1. The van der Waals surface area contributed by atoms with Gasteiger partial charge in [0.15, 0.2) is 0 Å². The summed E-state index contributed by atoms with van der Waals surface area (Å²) in [6, 6.07) is 2.69. The van der Waals surface area contributed by atoms with Crippen LogP contribution in [0.15, 0.2) is 18.2 Å². The molecule has 0 bridgehead atoms. The number of alkyl halides is 3. The van der Waals surface area contributed by atoms with Crippen molar-refractivity contribution in [1.29, 1.82) is 0 Å². The van der Waals surface area contributed by atoms with Gasteiger partial charge in [0.2, 0.25) is 0 Å². The Morgan fingerprint density at radius 1 is 1.29 bits per heavy atom. The van der Waals surface area contributed by atoms with Crippen molar-refractivity contribution in [3.05, 3.63) is 35.1 Å². The van der Waals surface area contributed by atoms with E-state index >= 15 is 0 Å². The molecule has 1 aliphatic rings. The summed E-state index contributed by atoms with van der Waals surface area (Å²) in [6.07, 6.45) is -2.39. The second-order valence-electron chi connectivity index (χ2n) is 4.30. The molecule has 0 saturated carbocycles. The molecule has 1 heterocycles. The van der Waals surface area contributed by atoms with Gasteiger partial charge in [0.05, 0.1) is 5.56 Å². The van der Waals surface area contributed by atoms with E-state index in [-0.39, 0.29) is 18.0 Å². The van der Waals surface area contributed by atoms with Crippen LogP contribution in [0.5, 0.6) is 0 Å². The summed E-state index contributed by atoms with van der Waals surface area (Å²) in [7, 11) is 0. The van der Waals surface area contributed by atoms with Crippen LogP contribution in [0.3, 0.4) is 0 Å². The number of hydrogen-bond donors (Lipinski definition) is 1. The molecule has 1 nitrogen and oxygen atoms in total. The quantitative estimate of drug-likeness (QED) is 0.792. The molecule has 0 aromatic heterocycles. The third-order valence-electron chi connectivity index (χ3n) is 3.00. The number of rotatable bonds is 2. The summed E-state index contributed by atoms with van der Waals surface area (Å²) in [4.78, 5) is 0. The van der Waals surface area contributed by atoms with E-state index in [1.807, 2.05) is 0 Å². The van der Waals surface area contributed by atoms with Crippen molar-refractivity contribution in [2.75, 3.05) is 6.54 Å². The van der Waals surface area contributed by atoms with Gasteiger partial charge in [-0.15, -0.1) is 0 Å². The first-order valence-corrected chi connectivity index (χ1v) is 5.56. The molecule has 1 saturated heterocycles. The molecule has 0 spiro atoms. The molecule has 0 radical (unpaired) electrons. The molecule has 1 N–H and O–H groups in total. The summed E-state index contributed by atoms with van der Waals surface area (Å²) < 4.78 is 51.2. The predicted octanol–water partition coefficient (Wildman–Crippen LogP) is 3.14. The highest BCUT2D eigenvalue weighted by molar-refractivity contribution is 5.31. The van der Waals surface area contributed by atoms with Gasteiger partial charge >= 0.3 is 6.18 Å². The maximum absolute atomic E-state index is 13.0. The lowest BCUT2D eigenvalue weighted by Crippen LogP contribution is -2.25. The van der Waals surface area contributed by atoms with Gasteiger partial charge in [-0.05, 0) is 49.6 Å². The van der Waals surface area contributed by atoms with Crippen molar-refractivity contribution in [1.82, 2.24) is 5.32 Å². The Balaban J connectivity index is 2.26. The summed E-state index contributed by atoms with van der Waals surface area (Å²) in [6.45, 7) is 0.821. The van der Waals surface area contributed by atoms with E-state index in [9.17, 15) is 17.6 Å². The van der Waals surface area contributed by atoms with Crippen molar-refractivity contribution >= 4 is 0 Å². The van der Waals surface area contributed by atoms with Crippen molar-refractivity contribution < 1.29 is 17.6 Å². The number of hydrogen-bond acceptors (Lipinski definition) is 1. The van der Waals surface area contributed by atoms with Gasteiger partial charge in [-0.2, -0.15) is 13.2 Å². The van der Waals surface area contributed by atoms with Crippen LogP contribution in [-0.2, 0) is 12.6 Å². The maximum Gasteiger partial charge on any atom is 0.416 e. The maximum atomic E-state index is 13.0. The first-order valence-electron chi connectivity index (χ1n) is 5.56. The van der Waals surface area contributed by atoms with E-state index in [0.29, 0.717) is 0 Å². The largest absolute Gasteiger partial charge is 0.416 e. The van der Waals surface area contributed by atoms with Crippen LogP contribution in [0, 0.1) is 5.82 Å². The third kappa shape index (κ3) is 2.97. The minimum atomic E-state index is -4.42. The van der Waals surface area contributed by atoms with E-state index in [1.54, 1.807) is 0 Å². The number of halogens is 4. The summed E-state index contributed by atoms with van der Waals surface area (Å²) >= 11 is 0. The molecule has 2 rings (SSSR count). The van der Waals surface area contributed by atoms with Gasteiger partial charge in [-0.3, -0.25) is 0 Å². The molecule has 1 aromatic rings. The van der Waals surface area contributed by atoms with Crippen molar-refractivity contribution in [2.24, 2.45) is 0 Å². The molecule has 1 aliphatic heterocycles. The first kappa shape index (κ1) is 12.4. The zero-order valence-corrected chi connectivity index (χ0v) is 9.15. The third-order valence-corrected chi connectivity index (χ3v) is 3.00. The lowest BCUT2D eigenvalue weighted by atomic mass is 9.99. The number of nitrogens with one attached hydrogen (secondary N) is 1. The summed E-state index contributed by atoms with van der Waals surface area (Å²) in [5, 5.41) is 3.11.